The van der Waals surface area contributed by atoms with Gasteiger partial charge in [0.1, 0.15) is 29.0 Å². The summed E-state index contributed by atoms with van der Waals surface area (Å²) < 4.78 is 23.8. The molecule has 0 bridgehead atoms. The summed E-state index contributed by atoms with van der Waals surface area (Å²) in [5.74, 6) is 0.557. The molecule has 1 aromatic carbocycles. The zero-order valence-electron chi connectivity index (χ0n) is 16.3. The maximum absolute atomic E-state index is 13.1. The average molecular weight is 378 g/mol. The molecule has 0 aliphatic rings. The summed E-state index contributed by atoms with van der Waals surface area (Å²) >= 11 is 0. The van der Waals surface area contributed by atoms with Crippen molar-refractivity contribution in [2.75, 3.05) is 13.2 Å². The van der Waals surface area contributed by atoms with Crippen molar-refractivity contribution in [3.05, 3.63) is 30.1 Å². The van der Waals surface area contributed by atoms with Crippen molar-refractivity contribution in [3.63, 3.8) is 0 Å². The first-order chi connectivity index (χ1) is 12.8. The number of hydrogen-bond acceptors (Lipinski definition) is 5. The minimum Gasteiger partial charge on any atom is -0.489 e. The van der Waals surface area contributed by atoms with Crippen LogP contribution in [-0.2, 0) is 11.3 Å². The highest BCUT2D eigenvalue weighted by Crippen LogP contribution is 2.18. The predicted molar refractivity (Wildman–Crippen MR) is 101 cm³/mol. The standard InChI is InChI=1S/C19H27FN4O3/c1-5-6-9-24-22-16-8-7-15(10-17(16)23-24)26-13-14(11-20)12-21-18(25)27-19(2,3)4/h7-8,10-11H,5-6,9,12-13H2,1-4H3,(H,21,25)/b14-11-. The van der Waals surface area contributed by atoms with Crippen LogP contribution in [0, 0.1) is 0 Å². The zero-order valence-corrected chi connectivity index (χ0v) is 16.3. The largest absolute Gasteiger partial charge is 0.489 e. The number of alkyl carbamates (subject to hydrolysis) is 1. The summed E-state index contributed by atoms with van der Waals surface area (Å²) in [5, 5.41) is 11.3. The van der Waals surface area contributed by atoms with E-state index < -0.39 is 11.7 Å². The Hall–Kier alpha value is -2.64. The van der Waals surface area contributed by atoms with E-state index in [9.17, 15) is 9.18 Å². The Morgan fingerprint density at radius 1 is 1.30 bits per heavy atom. The molecule has 7 nitrogen and oxygen atoms in total. The Morgan fingerprint density at radius 3 is 2.70 bits per heavy atom. The number of fused-ring (bicyclic) bond motifs is 1. The van der Waals surface area contributed by atoms with E-state index in [1.807, 2.05) is 6.07 Å². The predicted octanol–water partition coefficient (Wildman–Crippen LogP) is 3.99. The smallest absolute Gasteiger partial charge is 0.407 e. The molecule has 0 saturated carbocycles. The monoisotopic (exact) mass is 378 g/mol. The van der Waals surface area contributed by atoms with E-state index in [2.05, 4.69) is 22.4 Å². The number of rotatable bonds is 8. The van der Waals surface area contributed by atoms with Crippen molar-refractivity contribution in [1.82, 2.24) is 20.3 Å². The van der Waals surface area contributed by atoms with Crippen LogP contribution in [0.5, 0.6) is 5.75 Å². The molecule has 148 valence electrons. The van der Waals surface area contributed by atoms with E-state index in [0.29, 0.717) is 12.1 Å². The van der Waals surface area contributed by atoms with Gasteiger partial charge in [0.05, 0.1) is 12.9 Å². The maximum atomic E-state index is 13.1. The molecular formula is C19H27FN4O3. The van der Waals surface area contributed by atoms with Crippen LogP contribution in [0.3, 0.4) is 0 Å². The second-order valence-corrected chi connectivity index (χ2v) is 7.21. The molecule has 0 saturated heterocycles. The van der Waals surface area contributed by atoms with Crippen LogP contribution < -0.4 is 10.1 Å². The van der Waals surface area contributed by atoms with Crippen molar-refractivity contribution >= 4 is 17.1 Å². The van der Waals surface area contributed by atoms with Crippen molar-refractivity contribution in [2.24, 2.45) is 0 Å². The fourth-order valence-corrected chi connectivity index (χ4v) is 2.23. The number of ether oxygens (including phenoxy) is 2. The van der Waals surface area contributed by atoms with Gasteiger partial charge in [-0.15, -0.1) is 0 Å². The highest BCUT2D eigenvalue weighted by molar-refractivity contribution is 5.75. The molecule has 0 aliphatic heterocycles. The summed E-state index contributed by atoms with van der Waals surface area (Å²) in [7, 11) is 0. The lowest BCUT2D eigenvalue weighted by molar-refractivity contribution is 0.0531. The lowest BCUT2D eigenvalue weighted by Gasteiger charge is -2.20. The third-order valence-electron chi connectivity index (χ3n) is 3.54. The highest BCUT2D eigenvalue weighted by atomic mass is 19.1. The summed E-state index contributed by atoms with van der Waals surface area (Å²) in [6.07, 6.45) is 1.91. The number of nitrogens with one attached hydrogen (secondary N) is 1. The molecule has 2 aromatic rings. The van der Waals surface area contributed by atoms with Crippen molar-refractivity contribution < 1.29 is 18.7 Å². The van der Waals surface area contributed by atoms with E-state index in [0.717, 1.165) is 30.4 Å². The minimum atomic E-state index is -0.607. The average Bonchev–Trinajstić information content (AvgIpc) is 3.00. The first-order valence-electron chi connectivity index (χ1n) is 9.03. The van der Waals surface area contributed by atoms with E-state index in [1.54, 1.807) is 37.7 Å². The van der Waals surface area contributed by atoms with Gasteiger partial charge in [0.2, 0.25) is 0 Å². The first kappa shape index (κ1) is 20.7. The fourth-order valence-electron chi connectivity index (χ4n) is 2.23. The van der Waals surface area contributed by atoms with Crippen LogP contribution >= 0.6 is 0 Å². The molecule has 0 fully saturated rings. The third-order valence-corrected chi connectivity index (χ3v) is 3.54. The number of aryl methyl sites for hydroxylation is 1. The molecule has 0 atom stereocenters. The SMILES string of the molecule is CCCCn1nc2ccc(OC/C(=C\F)CNC(=O)OC(C)(C)C)cc2n1. The van der Waals surface area contributed by atoms with Crippen LogP contribution in [-0.4, -0.2) is 39.8 Å². The number of nitrogens with zero attached hydrogens (tertiary/aromatic N) is 3. The summed E-state index contributed by atoms with van der Waals surface area (Å²) in [6, 6.07) is 5.35. The number of carbonyl (C=O) groups excluding carboxylic acids is 1. The Bertz CT molecular complexity index is 796. The van der Waals surface area contributed by atoms with Crippen LogP contribution in [0.4, 0.5) is 9.18 Å². The summed E-state index contributed by atoms with van der Waals surface area (Å²) in [5.41, 5.74) is 1.18. The van der Waals surface area contributed by atoms with Crippen LogP contribution in [0.2, 0.25) is 0 Å². The molecule has 1 heterocycles. The van der Waals surface area contributed by atoms with Crippen molar-refractivity contribution in [3.8, 4) is 5.75 Å². The number of halogens is 1. The van der Waals surface area contributed by atoms with Crippen molar-refractivity contribution in [2.45, 2.75) is 52.7 Å². The van der Waals surface area contributed by atoms with Gasteiger partial charge in [-0.25, -0.2) is 9.18 Å². The maximum Gasteiger partial charge on any atom is 0.407 e. The molecule has 1 N–H and O–H groups in total. The Kier molecular flexibility index (Phi) is 7.15. The van der Waals surface area contributed by atoms with Gasteiger partial charge in [0.15, 0.2) is 0 Å². The van der Waals surface area contributed by atoms with Crippen LogP contribution in [0.25, 0.3) is 11.0 Å². The van der Waals surface area contributed by atoms with Gasteiger partial charge in [-0.2, -0.15) is 15.0 Å². The second kappa shape index (κ2) is 9.34. The molecule has 1 aromatic heterocycles. The number of carbonyl (C=O) groups is 1. The van der Waals surface area contributed by atoms with Gasteiger partial charge in [-0.1, -0.05) is 13.3 Å². The topological polar surface area (TPSA) is 78.3 Å². The fraction of sp³-hybridized carbons (Fsp3) is 0.526. The van der Waals surface area contributed by atoms with Gasteiger partial charge in [-0.05, 0) is 39.3 Å². The minimum absolute atomic E-state index is 0.000851. The van der Waals surface area contributed by atoms with E-state index in [-0.39, 0.29) is 18.7 Å². The molecule has 1 amide bonds. The summed E-state index contributed by atoms with van der Waals surface area (Å²) in [6.45, 7) is 8.17. The van der Waals surface area contributed by atoms with Crippen LogP contribution in [0.1, 0.15) is 40.5 Å². The molecule has 0 unspecified atom stereocenters. The van der Waals surface area contributed by atoms with Gasteiger partial charge in [0.25, 0.3) is 0 Å². The van der Waals surface area contributed by atoms with E-state index in [1.165, 1.54) is 0 Å². The van der Waals surface area contributed by atoms with Gasteiger partial charge in [-0.3, -0.25) is 0 Å². The van der Waals surface area contributed by atoms with Gasteiger partial charge < -0.3 is 14.8 Å². The Balaban J connectivity index is 1.89. The quantitative estimate of drug-likeness (QED) is 0.751. The molecule has 2 rings (SSSR count). The first-order valence-corrected chi connectivity index (χ1v) is 9.03. The molecular weight excluding hydrogens is 351 g/mol. The Morgan fingerprint density at radius 2 is 2.04 bits per heavy atom. The molecule has 0 spiro atoms. The van der Waals surface area contributed by atoms with E-state index >= 15 is 0 Å². The number of benzene rings is 1. The normalized spacial score (nSPS) is 12.3. The number of aromatic nitrogens is 3. The number of hydrogen-bond donors (Lipinski definition) is 1. The third kappa shape index (κ3) is 6.88. The lowest BCUT2D eigenvalue weighted by atomic mass is 10.2. The molecule has 8 heteroatoms. The van der Waals surface area contributed by atoms with E-state index in [4.69, 9.17) is 9.47 Å². The van der Waals surface area contributed by atoms with Gasteiger partial charge in [0, 0.05) is 18.2 Å². The van der Waals surface area contributed by atoms with Crippen LogP contribution in [0.15, 0.2) is 30.1 Å². The molecule has 0 aliphatic carbocycles. The molecule has 0 radical (unpaired) electrons. The number of unbranched alkanes of at least 4 members (excludes halogenated alkanes) is 1. The lowest BCUT2D eigenvalue weighted by Crippen LogP contribution is -2.34. The van der Waals surface area contributed by atoms with Crippen molar-refractivity contribution in [1.29, 1.82) is 0 Å². The Labute approximate surface area is 158 Å². The number of amides is 1. The van der Waals surface area contributed by atoms with Gasteiger partial charge >= 0.3 is 6.09 Å². The zero-order chi connectivity index (χ0) is 19.9. The summed E-state index contributed by atoms with van der Waals surface area (Å²) in [4.78, 5) is 13.3. The second-order valence-electron chi connectivity index (χ2n) is 7.21. The molecule has 27 heavy (non-hydrogen) atoms. The highest BCUT2D eigenvalue weighted by Gasteiger charge is 2.16.